The predicted octanol–water partition coefficient (Wildman–Crippen LogP) is 3.32. The van der Waals surface area contributed by atoms with E-state index in [9.17, 15) is 5.11 Å². The van der Waals surface area contributed by atoms with E-state index >= 15 is 0 Å². The molecule has 0 radical (unpaired) electrons. The summed E-state index contributed by atoms with van der Waals surface area (Å²) in [6.45, 7) is 5.87. The normalized spacial score (nSPS) is 16.4. The minimum absolute atomic E-state index is 0.197. The van der Waals surface area contributed by atoms with E-state index in [2.05, 4.69) is 36.7 Å². The van der Waals surface area contributed by atoms with Crippen LogP contribution in [-0.4, -0.2) is 35.6 Å². The van der Waals surface area contributed by atoms with Crippen LogP contribution in [0.2, 0.25) is 0 Å². The van der Waals surface area contributed by atoms with Gasteiger partial charge in [-0.3, -0.25) is 0 Å². The van der Waals surface area contributed by atoms with Gasteiger partial charge in [0.2, 0.25) is 0 Å². The van der Waals surface area contributed by atoms with Gasteiger partial charge in [-0.25, -0.2) is 4.99 Å². The summed E-state index contributed by atoms with van der Waals surface area (Å²) in [4.78, 5) is 7.06. The van der Waals surface area contributed by atoms with Crippen LogP contribution in [-0.2, 0) is 0 Å². The van der Waals surface area contributed by atoms with Crippen molar-refractivity contribution in [3.63, 3.8) is 0 Å². The van der Waals surface area contributed by atoms with Gasteiger partial charge in [-0.1, -0.05) is 17.9 Å². The molecule has 1 aliphatic heterocycles. The SMILES string of the molecule is CCN(CC)c1ccc2c(c1)OC1=CC(O)c3ccc(C#CCO)cc3C1=N2. The molecule has 142 valence electrons. The van der Waals surface area contributed by atoms with Crippen molar-refractivity contribution in [2.45, 2.75) is 20.0 Å². The fraction of sp³-hybridized carbons (Fsp3) is 0.261. The Labute approximate surface area is 164 Å². The van der Waals surface area contributed by atoms with Crippen molar-refractivity contribution in [3.8, 4) is 17.6 Å². The molecule has 2 N–H and O–H groups in total. The van der Waals surface area contributed by atoms with E-state index in [1.165, 1.54) is 0 Å². The Morgan fingerprint density at radius 3 is 2.71 bits per heavy atom. The van der Waals surface area contributed by atoms with E-state index in [-0.39, 0.29) is 6.61 Å². The van der Waals surface area contributed by atoms with Gasteiger partial charge in [0.1, 0.15) is 24.1 Å². The summed E-state index contributed by atoms with van der Waals surface area (Å²) < 4.78 is 6.13. The van der Waals surface area contributed by atoms with Gasteiger partial charge in [0.25, 0.3) is 0 Å². The maximum Gasteiger partial charge on any atom is 0.155 e. The third kappa shape index (κ3) is 3.18. The smallest absolute Gasteiger partial charge is 0.155 e. The molecule has 5 heteroatoms. The lowest BCUT2D eigenvalue weighted by Crippen LogP contribution is -2.23. The number of fused-ring (bicyclic) bond motifs is 4. The maximum atomic E-state index is 10.5. The van der Waals surface area contributed by atoms with Crippen LogP contribution < -0.4 is 9.64 Å². The highest BCUT2D eigenvalue weighted by Gasteiger charge is 2.29. The van der Waals surface area contributed by atoms with Gasteiger partial charge in [0.15, 0.2) is 11.5 Å². The van der Waals surface area contributed by atoms with Gasteiger partial charge >= 0.3 is 0 Å². The molecule has 0 saturated carbocycles. The van der Waals surface area contributed by atoms with Crippen molar-refractivity contribution in [2.75, 3.05) is 24.6 Å². The third-order valence-corrected chi connectivity index (χ3v) is 5.01. The lowest BCUT2D eigenvalue weighted by molar-refractivity contribution is 0.222. The van der Waals surface area contributed by atoms with Crippen molar-refractivity contribution in [1.82, 2.24) is 0 Å². The number of aliphatic hydroxyl groups excluding tert-OH is 2. The topological polar surface area (TPSA) is 65.3 Å². The summed E-state index contributed by atoms with van der Waals surface area (Å²) in [7, 11) is 0. The number of anilines is 1. The number of nitrogens with zero attached hydrogens (tertiary/aromatic N) is 2. The highest BCUT2D eigenvalue weighted by atomic mass is 16.5. The van der Waals surface area contributed by atoms with Crippen LogP contribution in [0.5, 0.6) is 5.75 Å². The second-order valence-electron chi connectivity index (χ2n) is 6.62. The second kappa shape index (κ2) is 7.51. The standard InChI is InChI=1S/C23H22N2O3/c1-3-25(4-2)16-8-10-19-21(13-16)28-22-14-20(27)17-9-7-15(6-5-11-26)12-18(17)23(22)24-19/h7-10,12-14,20,26-27H,3-4,11H2,1-2H3. The monoisotopic (exact) mass is 374 g/mol. The number of benzene rings is 2. The summed E-state index contributed by atoms with van der Waals surface area (Å²) in [5.41, 5.74) is 4.86. The van der Waals surface area contributed by atoms with Crippen molar-refractivity contribution in [1.29, 1.82) is 0 Å². The molecule has 0 saturated heterocycles. The number of aliphatic hydroxyl groups is 2. The van der Waals surface area contributed by atoms with Crippen LogP contribution >= 0.6 is 0 Å². The number of rotatable bonds is 3. The molecular formula is C23H22N2O3. The second-order valence-corrected chi connectivity index (χ2v) is 6.62. The molecule has 1 heterocycles. The van der Waals surface area contributed by atoms with Gasteiger partial charge < -0.3 is 19.8 Å². The molecule has 1 atom stereocenters. The van der Waals surface area contributed by atoms with Crippen LogP contribution in [0, 0.1) is 11.8 Å². The molecule has 0 fully saturated rings. The van der Waals surface area contributed by atoms with Crippen molar-refractivity contribution in [2.24, 2.45) is 4.99 Å². The maximum absolute atomic E-state index is 10.5. The third-order valence-electron chi connectivity index (χ3n) is 5.01. The molecular weight excluding hydrogens is 352 g/mol. The van der Waals surface area contributed by atoms with Gasteiger partial charge in [0.05, 0.1) is 0 Å². The molecule has 1 aliphatic carbocycles. The number of hydrogen-bond acceptors (Lipinski definition) is 5. The molecule has 2 aromatic carbocycles. The van der Waals surface area contributed by atoms with E-state index < -0.39 is 6.10 Å². The lowest BCUT2D eigenvalue weighted by Gasteiger charge is -2.28. The van der Waals surface area contributed by atoms with Gasteiger partial charge in [0, 0.05) is 36.0 Å². The first-order chi connectivity index (χ1) is 13.6. The summed E-state index contributed by atoms with van der Waals surface area (Å²) in [6.07, 6.45) is 0.920. The number of aliphatic imine (C=N–C) groups is 1. The molecule has 0 amide bonds. The summed E-state index contributed by atoms with van der Waals surface area (Å²) in [6, 6.07) is 11.6. The van der Waals surface area contributed by atoms with Gasteiger partial charge in [-0.2, -0.15) is 0 Å². The highest BCUT2D eigenvalue weighted by Crippen LogP contribution is 2.41. The van der Waals surface area contributed by atoms with Gasteiger partial charge in [-0.15, -0.1) is 0 Å². The highest BCUT2D eigenvalue weighted by molar-refractivity contribution is 6.16. The molecule has 28 heavy (non-hydrogen) atoms. The Kier molecular flexibility index (Phi) is 4.91. The first-order valence-corrected chi connectivity index (χ1v) is 9.44. The summed E-state index contributed by atoms with van der Waals surface area (Å²) in [5.74, 6) is 6.79. The average Bonchev–Trinajstić information content (AvgIpc) is 2.72. The fourth-order valence-electron chi connectivity index (χ4n) is 3.58. The number of allylic oxidation sites excluding steroid dienone is 1. The average molecular weight is 374 g/mol. The van der Waals surface area contributed by atoms with E-state index in [1.807, 2.05) is 30.3 Å². The van der Waals surface area contributed by atoms with Crippen molar-refractivity contribution < 1.29 is 14.9 Å². The zero-order valence-corrected chi connectivity index (χ0v) is 15.9. The Morgan fingerprint density at radius 2 is 1.96 bits per heavy atom. The Morgan fingerprint density at radius 1 is 1.14 bits per heavy atom. The van der Waals surface area contributed by atoms with E-state index in [0.717, 1.165) is 41.2 Å². The Bertz CT molecular complexity index is 1040. The zero-order valence-electron chi connectivity index (χ0n) is 15.9. The number of ether oxygens (including phenoxy) is 1. The van der Waals surface area contributed by atoms with Gasteiger partial charge in [-0.05, 0) is 49.8 Å². The first-order valence-electron chi connectivity index (χ1n) is 9.44. The fourth-order valence-corrected chi connectivity index (χ4v) is 3.58. The molecule has 2 aromatic rings. The van der Waals surface area contributed by atoms with Crippen LogP contribution in [0.3, 0.4) is 0 Å². The molecule has 0 aromatic heterocycles. The van der Waals surface area contributed by atoms with Crippen molar-refractivity contribution >= 4 is 17.1 Å². The van der Waals surface area contributed by atoms with Crippen LogP contribution in [0.25, 0.3) is 0 Å². The summed E-state index contributed by atoms with van der Waals surface area (Å²) in [5, 5.41) is 19.5. The molecule has 1 unspecified atom stereocenters. The van der Waals surface area contributed by atoms with E-state index in [0.29, 0.717) is 17.2 Å². The van der Waals surface area contributed by atoms with E-state index in [4.69, 9.17) is 14.8 Å². The molecule has 0 spiro atoms. The largest absolute Gasteiger partial charge is 0.453 e. The first kappa shape index (κ1) is 18.3. The predicted molar refractivity (Wildman–Crippen MR) is 110 cm³/mol. The van der Waals surface area contributed by atoms with Crippen LogP contribution in [0.1, 0.15) is 36.6 Å². The molecule has 4 rings (SSSR count). The zero-order chi connectivity index (χ0) is 19.7. The van der Waals surface area contributed by atoms with Crippen LogP contribution in [0.4, 0.5) is 11.4 Å². The molecule has 2 aliphatic rings. The quantitative estimate of drug-likeness (QED) is 0.809. The Hall–Kier alpha value is -3.07. The lowest BCUT2D eigenvalue weighted by atomic mass is 9.89. The molecule has 5 nitrogen and oxygen atoms in total. The Balaban J connectivity index is 1.80. The van der Waals surface area contributed by atoms with E-state index in [1.54, 1.807) is 6.08 Å². The molecule has 0 bridgehead atoms. The minimum atomic E-state index is -0.767. The van der Waals surface area contributed by atoms with Crippen molar-refractivity contribution in [3.05, 3.63) is 64.9 Å². The minimum Gasteiger partial charge on any atom is -0.453 e. The number of hydrogen-bond donors (Lipinski definition) is 2. The van der Waals surface area contributed by atoms with Crippen LogP contribution in [0.15, 0.2) is 53.2 Å². The summed E-state index contributed by atoms with van der Waals surface area (Å²) >= 11 is 0.